The molecular formula is C23H45N2O+. The van der Waals surface area contributed by atoms with Crippen LogP contribution >= 0.6 is 0 Å². The van der Waals surface area contributed by atoms with Crippen molar-refractivity contribution in [2.24, 2.45) is 0 Å². The van der Waals surface area contributed by atoms with Crippen LogP contribution in [-0.4, -0.2) is 46.8 Å². The number of aliphatic hydroxyl groups is 1. The molecule has 1 unspecified atom stereocenters. The Kier molecular flexibility index (Phi) is 13.6. The van der Waals surface area contributed by atoms with Crippen molar-refractivity contribution in [1.82, 2.24) is 4.90 Å². The summed E-state index contributed by atoms with van der Waals surface area (Å²) in [7, 11) is 2.12. The lowest BCUT2D eigenvalue weighted by Gasteiger charge is -2.08. The molecule has 1 aliphatic heterocycles. The molecule has 0 amide bonds. The number of amidine groups is 1. The van der Waals surface area contributed by atoms with Crippen LogP contribution in [0.2, 0.25) is 0 Å². The fraction of sp³-hybridized carbons (Fsp3) is 0.870. The highest BCUT2D eigenvalue weighted by Crippen LogP contribution is 2.13. The molecule has 0 radical (unpaired) electrons. The maximum atomic E-state index is 9.82. The van der Waals surface area contributed by atoms with Crippen LogP contribution in [-0.2, 0) is 0 Å². The number of hydrogen-bond donors (Lipinski definition) is 1. The monoisotopic (exact) mass is 365 g/mol. The van der Waals surface area contributed by atoms with Gasteiger partial charge in [0.1, 0.15) is 13.1 Å². The van der Waals surface area contributed by atoms with Gasteiger partial charge in [-0.15, -0.1) is 0 Å². The molecule has 1 rings (SSSR count). The largest absolute Gasteiger partial charge is 0.356 e. The predicted molar refractivity (Wildman–Crippen MR) is 114 cm³/mol. The first-order valence-electron chi connectivity index (χ1n) is 11.3. The highest BCUT2D eigenvalue weighted by Gasteiger charge is 2.28. The fourth-order valence-electron chi connectivity index (χ4n) is 3.82. The Morgan fingerprint density at radius 2 is 1.46 bits per heavy atom. The Balaban J connectivity index is 1.93. The Morgan fingerprint density at radius 1 is 0.923 bits per heavy atom. The van der Waals surface area contributed by atoms with Gasteiger partial charge in [0.15, 0.2) is 6.23 Å². The molecule has 3 nitrogen and oxygen atoms in total. The van der Waals surface area contributed by atoms with Crippen molar-refractivity contribution >= 4 is 5.84 Å². The Morgan fingerprint density at radius 3 is 2.00 bits per heavy atom. The Hall–Kier alpha value is -0.830. The van der Waals surface area contributed by atoms with Gasteiger partial charge >= 0.3 is 0 Å². The van der Waals surface area contributed by atoms with Crippen molar-refractivity contribution in [3.8, 4) is 0 Å². The zero-order chi connectivity index (χ0) is 19.0. The van der Waals surface area contributed by atoms with Gasteiger partial charge in [0.25, 0.3) is 5.84 Å². The minimum atomic E-state index is -0.375. The molecule has 152 valence electrons. The second-order valence-corrected chi connectivity index (χ2v) is 8.02. The minimum absolute atomic E-state index is 0.375. The summed E-state index contributed by atoms with van der Waals surface area (Å²) in [5.74, 6) is 1.26. The maximum Gasteiger partial charge on any atom is 0.252 e. The van der Waals surface area contributed by atoms with Gasteiger partial charge in [0, 0.05) is 6.92 Å². The van der Waals surface area contributed by atoms with Crippen LogP contribution in [0.4, 0.5) is 0 Å². The summed E-state index contributed by atoms with van der Waals surface area (Å²) in [5, 5.41) is 9.82. The number of allylic oxidation sites excluding steroid dienone is 1. The van der Waals surface area contributed by atoms with Crippen molar-refractivity contribution in [2.75, 3.05) is 20.1 Å². The summed E-state index contributed by atoms with van der Waals surface area (Å²) in [5.41, 5.74) is 0. The van der Waals surface area contributed by atoms with Gasteiger partial charge in [0.2, 0.25) is 0 Å². The summed E-state index contributed by atoms with van der Waals surface area (Å²) in [6.07, 6.45) is 23.3. The van der Waals surface area contributed by atoms with Crippen LogP contribution in [0.1, 0.15) is 104 Å². The van der Waals surface area contributed by atoms with E-state index in [0.29, 0.717) is 0 Å². The third kappa shape index (κ3) is 10.4. The zero-order valence-electron chi connectivity index (χ0n) is 17.9. The molecule has 0 spiro atoms. The first-order chi connectivity index (χ1) is 12.7. The quantitative estimate of drug-likeness (QED) is 0.215. The van der Waals surface area contributed by atoms with Crippen molar-refractivity contribution in [3.05, 3.63) is 12.2 Å². The molecule has 1 atom stereocenters. The van der Waals surface area contributed by atoms with Gasteiger partial charge in [-0.2, -0.15) is 0 Å². The minimum Gasteiger partial charge on any atom is -0.356 e. The molecule has 1 heterocycles. The molecule has 1 aliphatic rings. The van der Waals surface area contributed by atoms with Gasteiger partial charge in [-0.05, 0) is 12.8 Å². The third-order valence-electron chi connectivity index (χ3n) is 5.59. The first kappa shape index (κ1) is 23.2. The summed E-state index contributed by atoms with van der Waals surface area (Å²) in [6.45, 7) is 6.10. The van der Waals surface area contributed by atoms with Crippen LogP contribution in [0.25, 0.3) is 0 Å². The van der Waals surface area contributed by atoms with Gasteiger partial charge in [-0.1, -0.05) is 89.7 Å². The number of unbranched alkanes of at least 4 members (excludes halogenated alkanes) is 12. The van der Waals surface area contributed by atoms with Gasteiger partial charge in [0.05, 0.1) is 13.5 Å². The van der Waals surface area contributed by atoms with Gasteiger partial charge in [-0.25, -0.2) is 4.58 Å². The standard InChI is InChI=1S/C23H45N2O/c1-4-5-6-7-8-9-10-11-12-13-14-15-16-17-18-19-23-24(3)20-21-25(23)22(2)26/h17-18,22,26H,4-16,19-21H2,1-3H3/q+1. The summed E-state index contributed by atoms with van der Waals surface area (Å²) in [6, 6.07) is 0. The second kappa shape index (κ2) is 15.2. The van der Waals surface area contributed by atoms with E-state index in [4.69, 9.17) is 0 Å². The summed E-state index contributed by atoms with van der Waals surface area (Å²) >= 11 is 0. The number of rotatable bonds is 16. The molecular weight excluding hydrogens is 320 g/mol. The number of aliphatic hydroxyl groups excluding tert-OH is 1. The van der Waals surface area contributed by atoms with E-state index in [1.807, 2.05) is 6.92 Å². The van der Waals surface area contributed by atoms with Crippen LogP contribution in [0, 0.1) is 0 Å². The lowest BCUT2D eigenvalue weighted by molar-refractivity contribution is -0.597. The van der Waals surface area contributed by atoms with Crippen LogP contribution in [0.3, 0.4) is 0 Å². The molecule has 0 saturated carbocycles. The molecule has 1 N–H and O–H groups in total. The maximum absolute atomic E-state index is 9.82. The zero-order valence-corrected chi connectivity index (χ0v) is 17.9. The van der Waals surface area contributed by atoms with E-state index in [1.54, 1.807) is 0 Å². The lowest BCUT2D eigenvalue weighted by Crippen LogP contribution is -2.29. The van der Waals surface area contributed by atoms with Gasteiger partial charge < -0.3 is 5.11 Å². The average molecular weight is 366 g/mol. The molecule has 0 bridgehead atoms. The summed E-state index contributed by atoms with van der Waals surface area (Å²) < 4.78 is 2.11. The SMILES string of the molecule is CCCCCCCCCCCCCCC=CCC1=[N+](C(C)O)CCN1C. The van der Waals surface area contributed by atoms with E-state index in [2.05, 4.69) is 35.6 Å². The van der Waals surface area contributed by atoms with E-state index in [9.17, 15) is 5.11 Å². The topological polar surface area (TPSA) is 26.5 Å². The van der Waals surface area contributed by atoms with E-state index in [-0.39, 0.29) is 6.23 Å². The van der Waals surface area contributed by atoms with Crippen molar-refractivity contribution in [1.29, 1.82) is 0 Å². The highest BCUT2D eigenvalue weighted by molar-refractivity contribution is 5.79. The normalized spacial score (nSPS) is 16.2. The van der Waals surface area contributed by atoms with E-state index in [0.717, 1.165) is 19.5 Å². The second-order valence-electron chi connectivity index (χ2n) is 8.02. The molecule has 0 aromatic rings. The van der Waals surface area contributed by atoms with E-state index < -0.39 is 0 Å². The molecule has 0 fully saturated rings. The number of hydrogen-bond acceptors (Lipinski definition) is 2. The molecule has 0 aliphatic carbocycles. The molecule has 0 saturated heterocycles. The van der Waals surface area contributed by atoms with Crippen molar-refractivity contribution < 1.29 is 9.68 Å². The van der Waals surface area contributed by atoms with E-state index >= 15 is 0 Å². The van der Waals surface area contributed by atoms with Crippen LogP contribution in [0.15, 0.2) is 12.2 Å². The third-order valence-corrected chi connectivity index (χ3v) is 5.59. The Bertz CT molecular complexity index is 401. The highest BCUT2D eigenvalue weighted by atomic mass is 16.3. The molecule has 0 aromatic heterocycles. The summed E-state index contributed by atoms with van der Waals surface area (Å²) in [4.78, 5) is 2.26. The number of likely N-dealkylation sites (N-methyl/N-ethyl adjacent to an activating group) is 1. The average Bonchev–Trinajstić information content (AvgIpc) is 2.99. The smallest absolute Gasteiger partial charge is 0.252 e. The van der Waals surface area contributed by atoms with Gasteiger partial charge in [-0.3, -0.25) is 4.90 Å². The van der Waals surface area contributed by atoms with Crippen molar-refractivity contribution in [3.63, 3.8) is 0 Å². The van der Waals surface area contributed by atoms with E-state index in [1.165, 1.54) is 89.3 Å². The van der Waals surface area contributed by atoms with Crippen LogP contribution in [0.5, 0.6) is 0 Å². The fourth-order valence-corrected chi connectivity index (χ4v) is 3.82. The molecule has 26 heavy (non-hydrogen) atoms. The molecule has 3 heteroatoms. The predicted octanol–water partition coefficient (Wildman–Crippen LogP) is 5.72. The number of nitrogens with zero attached hydrogens (tertiary/aromatic N) is 2. The first-order valence-corrected chi connectivity index (χ1v) is 11.3. The van der Waals surface area contributed by atoms with Crippen LogP contribution < -0.4 is 0 Å². The lowest BCUT2D eigenvalue weighted by atomic mass is 10.0. The van der Waals surface area contributed by atoms with Crippen molar-refractivity contribution in [2.45, 2.75) is 110 Å². The molecule has 0 aromatic carbocycles. The Labute approximate surface area is 163 Å².